The van der Waals surface area contributed by atoms with Crippen molar-refractivity contribution in [3.63, 3.8) is 0 Å². The molecule has 7 aromatic rings. The van der Waals surface area contributed by atoms with Gasteiger partial charge in [-0.15, -0.1) is 28.8 Å². The second-order valence-corrected chi connectivity index (χ2v) is 22.8. The topological polar surface area (TPSA) is 0 Å². The molecular formula is C50H48Cl2HfSi-2. The van der Waals surface area contributed by atoms with Gasteiger partial charge in [-0.25, -0.2) is 12.1 Å². The van der Waals surface area contributed by atoms with Gasteiger partial charge in [0.15, 0.2) is 0 Å². The van der Waals surface area contributed by atoms with Crippen molar-refractivity contribution >= 4 is 15.9 Å². The van der Waals surface area contributed by atoms with Crippen molar-refractivity contribution in [2.24, 2.45) is 0 Å². The summed E-state index contributed by atoms with van der Waals surface area (Å²) in [5.74, 6) is 0. The van der Waals surface area contributed by atoms with Crippen molar-refractivity contribution in [2.75, 3.05) is 0 Å². The molecule has 7 aromatic carbocycles. The van der Waals surface area contributed by atoms with Gasteiger partial charge in [-0.05, 0) is 39.5 Å². The zero-order valence-electron chi connectivity index (χ0n) is 32.1. The van der Waals surface area contributed by atoms with Crippen LogP contribution in [-0.4, -0.2) is 5.49 Å². The molecule has 0 nitrogen and oxygen atoms in total. The van der Waals surface area contributed by atoms with Crippen LogP contribution in [0.2, 0.25) is 0 Å². The summed E-state index contributed by atoms with van der Waals surface area (Å²) < 4.78 is 0. The fraction of sp³-hybridized carbons (Fsp3) is 0.180. The summed E-state index contributed by atoms with van der Waals surface area (Å²) in [5, 5.41) is 3.07. The van der Waals surface area contributed by atoms with E-state index < -0.39 is 5.49 Å². The summed E-state index contributed by atoms with van der Waals surface area (Å²) >= 11 is 1.27. The first kappa shape index (κ1) is 43.1. The molecular weight excluding hydrogens is 878 g/mol. The molecule has 0 saturated heterocycles. The Morgan fingerprint density at radius 3 is 1.41 bits per heavy atom. The molecule has 0 bridgehead atoms. The monoisotopic (exact) mass is 926 g/mol. The molecule has 0 fully saturated rings. The molecule has 0 amide bonds. The van der Waals surface area contributed by atoms with Crippen molar-refractivity contribution < 1.29 is 47.8 Å². The van der Waals surface area contributed by atoms with Crippen LogP contribution in [0.15, 0.2) is 170 Å². The maximum absolute atomic E-state index is 3.88. The van der Waals surface area contributed by atoms with Crippen LogP contribution in [0.4, 0.5) is 0 Å². The van der Waals surface area contributed by atoms with Crippen molar-refractivity contribution in [1.29, 1.82) is 0 Å². The Hall–Kier alpha value is -3.66. The van der Waals surface area contributed by atoms with Crippen molar-refractivity contribution in [1.82, 2.24) is 0 Å². The molecule has 0 spiro atoms. The average molecular weight is 926 g/mol. The van der Waals surface area contributed by atoms with E-state index in [2.05, 4.69) is 187 Å². The Bertz CT molecular complexity index is 2050. The maximum atomic E-state index is 3.88. The Kier molecular flexibility index (Phi) is 15.4. The molecule has 4 heteroatoms. The predicted octanol–water partition coefficient (Wildman–Crippen LogP) is 5.74. The first-order valence-electron chi connectivity index (χ1n) is 18.2. The van der Waals surface area contributed by atoms with Crippen LogP contribution in [0.1, 0.15) is 63.8 Å². The van der Waals surface area contributed by atoms with E-state index >= 15 is 0 Å². The summed E-state index contributed by atoms with van der Waals surface area (Å²) in [6.07, 6.45) is 0.944. The van der Waals surface area contributed by atoms with E-state index in [0.717, 1.165) is 6.42 Å². The third-order valence-electron chi connectivity index (χ3n) is 9.50. The number of rotatable bonds is 4. The average Bonchev–Trinajstić information content (AvgIpc) is 3.86. The van der Waals surface area contributed by atoms with E-state index in [4.69, 9.17) is 0 Å². The van der Waals surface area contributed by atoms with Crippen LogP contribution in [0.3, 0.4) is 0 Å². The van der Waals surface area contributed by atoms with Gasteiger partial charge >= 0.3 is 99.5 Å². The Balaban J connectivity index is 0.000000255. The van der Waals surface area contributed by atoms with Gasteiger partial charge in [-0.1, -0.05) is 131 Å². The van der Waals surface area contributed by atoms with Crippen LogP contribution >= 0.6 is 0 Å². The zero-order chi connectivity index (χ0) is 36.7. The third kappa shape index (κ3) is 10.5. The van der Waals surface area contributed by atoms with E-state index in [1.54, 1.807) is 0 Å². The van der Waals surface area contributed by atoms with Gasteiger partial charge in [-0.3, -0.25) is 0 Å². The van der Waals surface area contributed by atoms with E-state index in [0.29, 0.717) is 0 Å². The van der Waals surface area contributed by atoms with E-state index in [-0.39, 0.29) is 35.6 Å². The molecule has 0 radical (unpaired) electrons. The summed E-state index contributed by atoms with van der Waals surface area (Å²) in [5.41, 5.74) is 13.1. The molecule has 1 aliphatic rings. The number of hydrogen-bond donors (Lipinski definition) is 0. The SMILES string of the molecule is CC(C)(C)c1cc2c([c-]c1-c1ccccc1)Cc1cc(-c3ccccc3)c(C(C)(C)C)cc1-2.[Cl-].[Cl-].[Hf+2]=[Si](c1ccccc1)c1ccccc1.c1cc[cH-]c1. The van der Waals surface area contributed by atoms with Gasteiger partial charge in [0.2, 0.25) is 0 Å². The largest absolute Gasteiger partial charge is 0.214 e. The minimum atomic E-state index is -0.406. The number of halogens is 2. The zero-order valence-corrected chi connectivity index (χ0v) is 38.2. The molecule has 0 aliphatic heterocycles. The van der Waals surface area contributed by atoms with Crippen LogP contribution in [-0.2, 0) is 40.3 Å². The number of fused-ring (bicyclic) bond motifs is 3. The summed E-state index contributed by atoms with van der Waals surface area (Å²) in [6, 6.07) is 64.6. The Morgan fingerprint density at radius 2 is 0.963 bits per heavy atom. The van der Waals surface area contributed by atoms with E-state index in [9.17, 15) is 0 Å². The Labute approximate surface area is 351 Å². The number of hydrogen-bond acceptors (Lipinski definition) is 0. The van der Waals surface area contributed by atoms with Gasteiger partial charge in [-0.2, -0.15) is 18.2 Å². The van der Waals surface area contributed by atoms with Gasteiger partial charge in [0, 0.05) is 0 Å². The summed E-state index contributed by atoms with van der Waals surface area (Å²) in [7, 11) is 0. The van der Waals surface area contributed by atoms with E-state index in [1.807, 2.05) is 30.3 Å². The van der Waals surface area contributed by atoms with Gasteiger partial charge in [0.25, 0.3) is 0 Å². The first-order valence-corrected chi connectivity index (χ1v) is 25.1. The molecule has 272 valence electrons. The molecule has 54 heavy (non-hydrogen) atoms. The van der Waals surface area contributed by atoms with Crippen LogP contribution in [0.5, 0.6) is 0 Å². The van der Waals surface area contributed by atoms with Crippen molar-refractivity contribution in [3.05, 3.63) is 198 Å². The minimum Gasteiger partial charge on any atom is -0.214 e. The third-order valence-corrected chi connectivity index (χ3v) is 17.5. The molecule has 8 rings (SSSR count). The van der Waals surface area contributed by atoms with Crippen LogP contribution in [0, 0.1) is 6.07 Å². The van der Waals surface area contributed by atoms with Crippen LogP contribution in [0.25, 0.3) is 33.4 Å². The van der Waals surface area contributed by atoms with Gasteiger partial charge < -0.3 is 24.8 Å². The van der Waals surface area contributed by atoms with E-state index in [1.165, 1.54) is 89.0 Å². The predicted molar refractivity (Wildman–Crippen MR) is 222 cm³/mol. The van der Waals surface area contributed by atoms with Gasteiger partial charge in [0.05, 0.1) is 0 Å². The second kappa shape index (κ2) is 19.3. The number of benzene rings is 6. The first-order chi connectivity index (χ1) is 25.0. The molecule has 0 saturated carbocycles. The minimum absolute atomic E-state index is 0. The standard InChI is InChI=1S/C33H33.C12H10Si.C5H5.2ClH.Hf/c1-32(2,3)30-20-26-24(18-28(30)22-13-9-7-10-14-22)17-25-19-29(23-15-11-8-12-16-23)31(21-27(25)26)33(4,5)6;1-3-7-11(8-4-1)13-12-9-5-2-6-10-12;1-2-4-5-3-1;;;/h7-16,18,20-21H,17H2,1-6H3;1-10H;1-5H;2*1H;/q-1;;-1;;;+2/p-2. The fourth-order valence-electron chi connectivity index (χ4n) is 6.80. The second-order valence-electron chi connectivity index (χ2n) is 15.5. The quantitative estimate of drug-likeness (QED) is 0.156. The molecule has 0 N–H and O–H groups in total. The molecule has 0 aromatic heterocycles. The smallest absolute Gasteiger partial charge is 0.172 e. The van der Waals surface area contributed by atoms with Crippen molar-refractivity contribution in [3.8, 4) is 33.4 Å². The normalized spacial score (nSPS) is 11.3. The maximum Gasteiger partial charge on any atom is -0.172 e. The van der Waals surface area contributed by atoms with Gasteiger partial charge in [0.1, 0.15) is 0 Å². The molecule has 0 unspecified atom stereocenters. The molecule has 0 atom stereocenters. The van der Waals surface area contributed by atoms with Crippen LogP contribution < -0.4 is 35.2 Å². The van der Waals surface area contributed by atoms with Crippen molar-refractivity contribution in [2.45, 2.75) is 58.8 Å². The Morgan fingerprint density at radius 1 is 0.519 bits per heavy atom. The summed E-state index contributed by atoms with van der Waals surface area (Å²) in [4.78, 5) is 0. The summed E-state index contributed by atoms with van der Waals surface area (Å²) in [6.45, 7) is 13.9. The molecule has 0 heterocycles. The fourth-order valence-corrected chi connectivity index (χ4v) is 11.8. The molecule has 1 aliphatic carbocycles.